The summed E-state index contributed by atoms with van der Waals surface area (Å²) < 4.78 is 5.25. The lowest BCUT2D eigenvalue weighted by atomic mass is 10.3. The minimum absolute atomic E-state index is 0.0824. The number of benzene rings is 1. The molecule has 2 aromatic rings. The summed E-state index contributed by atoms with van der Waals surface area (Å²) in [5, 5.41) is 13.8. The number of nitrogens with zero attached hydrogens (tertiary/aromatic N) is 2. The number of aromatic nitrogens is 1. The molecule has 0 aliphatic carbocycles. The average Bonchev–Trinajstić information content (AvgIpc) is 2.85. The molecule has 1 N–H and O–H groups in total. The van der Waals surface area contributed by atoms with Crippen molar-refractivity contribution in [1.82, 2.24) is 4.98 Å². The van der Waals surface area contributed by atoms with Crippen molar-refractivity contribution in [3.8, 4) is 5.75 Å². The van der Waals surface area contributed by atoms with E-state index < -0.39 is 4.92 Å². The number of amides is 1. The van der Waals surface area contributed by atoms with Gasteiger partial charge >= 0.3 is 0 Å². The molecule has 0 fully saturated rings. The maximum absolute atomic E-state index is 11.8. The van der Waals surface area contributed by atoms with Gasteiger partial charge < -0.3 is 4.74 Å². The molecule has 0 aliphatic rings. The van der Waals surface area contributed by atoms with Gasteiger partial charge in [-0.05, 0) is 19.4 Å². The highest BCUT2D eigenvalue weighted by molar-refractivity contribution is 7.15. The first-order valence-corrected chi connectivity index (χ1v) is 7.44. The third-order valence-electron chi connectivity index (χ3n) is 2.87. The number of hydrogen-bond donors (Lipinski definition) is 1. The Balaban J connectivity index is 1.92. The number of aryl methyl sites for hydroxylation is 2. The molecular weight excluding hydrogens is 306 g/mol. The summed E-state index contributed by atoms with van der Waals surface area (Å²) in [6.45, 7) is 3.71. The normalized spacial score (nSPS) is 10.3. The molecule has 0 unspecified atom stereocenters. The van der Waals surface area contributed by atoms with E-state index in [4.69, 9.17) is 4.74 Å². The fourth-order valence-corrected chi connectivity index (χ4v) is 2.72. The number of nitro benzene ring substituents is 1. The summed E-state index contributed by atoms with van der Waals surface area (Å²) >= 11 is 1.41. The molecule has 0 radical (unpaired) electrons. The highest BCUT2D eigenvalue weighted by Crippen LogP contribution is 2.22. The van der Waals surface area contributed by atoms with Crippen molar-refractivity contribution in [2.45, 2.75) is 20.3 Å². The molecule has 22 heavy (non-hydrogen) atoms. The summed E-state index contributed by atoms with van der Waals surface area (Å²) in [7, 11) is 0. The van der Waals surface area contributed by atoms with Crippen LogP contribution in [-0.2, 0) is 11.2 Å². The van der Waals surface area contributed by atoms with Gasteiger partial charge in [-0.1, -0.05) is 13.0 Å². The second-order valence-electron chi connectivity index (χ2n) is 4.47. The maximum atomic E-state index is 11.8. The van der Waals surface area contributed by atoms with Gasteiger partial charge in [-0.3, -0.25) is 20.2 Å². The van der Waals surface area contributed by atoms with Gasteiger partial charge in [0.2, 0.25) is 0 Å². The number of non-ortho nitro benzene ring substituents is 1. The molecule has 8 heteroatoms. The number of ether oxygens (including phenoxy) is 1. The van der Waals surface area contributed by atoms with Crippen LogP contribution in [0.1, 0.15) is 17.5 Å². The molecule has 0 saturated carbocycles. The third kappa shape index (κ3) is 4.01. The Bertz CT molecular complexity index is 699. The van der Waals surface area contributed by atoms with Crippen LogP contribution >= 0.6 is 11.3 Å². The predicted molar refractivity (Wildman–Crippen MR) is 83.5 cm³/mol. The standard InChI is InChI=1S/C14H15N3O4S/c1-3-12-9(2)22-14(15-12)16-13(18)8-21-11-6-4-5-10(7-11)17(19)20/h4-7H,3,8H2,1-2H3,(H,15,16,18). The molecule has 0 aliphatic heterocycles. The van der Waals surface area contributed by atoms with Crippen molar-refractivity contribution < 1.29 is 14.5 Å². The summed E-state index contributed by atoms with van der Waals surface area (Å²) in [5.41, 5.74) is 0.876. The van der Waals surface area contributed by atoms with Crippen molar-refractivity contribution >= 4 is 28.1 Å². The lowest BCUT2D eigenvalue weighted by molar-refractivity contribution is -0.384. The van der Waals surface area contributed by atoms with E-state index in [0.29, 0.717) is 5.13 Å². The lowest BCUT2D eigenvalue weighted by Crippen LogP contribution is -2.20. The van der Waals surface area contributed by atoms with E-state index in [9.17, 15) is 14.9 Å². The number of anilines is 1. The molecule has 0 saturated heterocycles. The number of hydrogen-bond acceptors (Lipinski definition) is 6. The van der Waals surface area contributed by atoms with E-state index in [0.717, 1.165) is 17.0 Å². The van der Waals surface area contributed by atoms with E-state index in [1.54, 1.807) is 6.07 Å². The molecule has 1 aromatic heterocycles. The van der Waals surface area contributed by atoms with Crippen LogP contribution in [0.5, 0.6) is 5.75 Å². The topological polar surface area (TPSA) is 94.4 Å². The van der Waals surface area contributed by atoms with Crippen molar-refractivity contribution in [2.75, 3.05) is 11.9 Å². The molecule has 1 aromatic carbocycles. The van der Waals surface area contributed by atoms with Crippen molar-refractivity contribution in [2.24, 2.45) is 0 Å². The van der Waals surface area contributed by atoms with Crippen molar-refractivity contribution in [3.63, 3.8) is 0 Å². The van der Waals surface area contributed by atoms with Gasteiger partial charge in [0, 0.05) is 10.9 Å². The summed E-state index contributed by atoms with van der Waals surface area (Å²) in [5.74, 6) is -0.0863. The van der Waals surface area contributed by atoms with Crippen LogP contribution in [0.3, 0.4) is 0 Å². The van der Waals surface area contributed by atoms with E-state index >= 15 is 0 Å². The fourth-order valence-electron chi connectivity index (χ4n) is 1.80. The second kappa shape index (κ2) is 6.99. The van der Waals surface area contributed by atoms with Crippen LogP contribution in [0, 0.1) is 17.0 Å². The Morgan fingerprint density at radius 1 is 1.50 bits per heavy atom. The number of thiazole rings is 1. The first-order chi connectivity index (χ1) is 10.5. The summed E-state index contributed by atoms with van der Waals surface area (Å²) in [6.07, 6.45) is 0.808. The number of carbonyl (C=O) groups excluding carboxylic acids is 1. The van der Waals surface area contributed by atoms with Gasteiger partial charge in [0.15, 0.2) is 11.7 Å². The van der Waals surface area contributed by atoms with E-state index in [-0.39, 0.29) is 24.0 Å². The molecular formula is C14H15N3O4S. The van der Waals surface area contributed by atoms with E-state index in [1.165, 1.54) is 29.5 Å². The monoisotopic (exact) mass is 321 g/mol. The van der Waals surface area contributed by atoms with E-state index in [1.807, 2.05) is 13.8 Å². The van der Waals surface area contributed by atoms with Crippen LogP contribution in [0.25, 0.3) is 0 Å². The summed E-state index contributed by atoms with van der Waals surface area (Å²) in [4.78, 5) is 27.3. The number of carbonyl (C=O) groups is 1. The molecule has 1 heterocycles. The molecule has 116 valence electrons. The zero-order chi connectivity index (χ0) is 16.1. The Kier molecular flexibility index (Phi) is 5.05. The van der Waals surface area contributed by atoms with Crippen LogP contribution < -0.4 is 10.1 Å². The number of rotatable bonds is 6. The average molecular weight is 321 g/mol. The first-order valence-electron chi connectivity index (χ1n) is 6.63. The molecule has 1 amide bonds. The Morgan fingerprint density at radius 3 is 2.91 bits per heavy atom. The fraction of sp³-hybridized carbons (Fsp3) is 0.286. The van der Waals surface area contributed by atoms with Crippen molar-refractivity contribution in [1.29, 1.82) is 0 Å². The molecule has 0 spiro atoms. The van der Waals surface area contributed by atoms with Gasteiger partial charge in [0.05, 0.1) is 16.7 Å². The van der Waals surface area contributed by atoms with Gasteiger partial charge in [0.1, 0.15) is 5.75 Å². The third-order valence-corrected chi connectivity index (χ3v) is 3.80. The molecule has 0 atom stereocenters. The van der Waals surface area contributed by atoms with E-state index in [2.05, 4.69) is 10.3 Å². The zero-order valence-corrected chi connectivity index (χ0v) is 13.0. The van der Waals surface area contributed by atoms with Crippen LogP contribution in [0.4, 0.5) is 10.8 Å². The number of nitrogens with one attached hydrogen (secondary N) is 1. The second-order valence-corrected chi connectivity index (χ2v) is 5.67. The SMILES string of the molecule is CCc1nc(NC(=O)COc2cccc([N+](=O)[O-])c2)sc1C. The maximum Gasteiger partial charge on any atom is 0.273 e. The lowest BCUT2D eigenvalue weighted by Gasteiger charge is -2.05. The van der Waals surface area contributed by atoms with Crippen LogP contribution in [-0.4, -0.2) is 22.4 Å². The zero-order valence-electron chi connectivity index (χ0n) is 12.2. The number of nitro groups is 1. The Morgan fingerprint density at radius 2 is 2.27 bits per heavy atom. The molecule has 7 nitrogen and oxygen atoms in total. The van der Waals surface area contributed by atoms with Crippen molar-refractivity contribution in [3.05, 3.63) is 45.0 Å². The quantitative estimate of drug-likeness (QED) is 0.652. The van der Waals surface area contributed by atoms with Gasteiger partial charge in [-0.25, -0.2) is 4.98 Å². The van der Waals surface area contributed by atoms with Gasteiger partial charge in [-0.15, -0.1) is 11.3 Å². The highest BCUT2D eigenvalue weighted by atomic mass is 32.1. The summed E-state index contributed by atoms with van der Waals surface area (Å²) in [6, 6.07) is 5.69. The first kappa shape index (κ1) is 15.9. The van der Waals surface area contributed by atoms with Crippen LogP contribution in [0.2, 0.25) is 0 Å². The minimum atomic E-state index is -0.516. The van der Waals surface area contributed by atoms with Crippen LogP contribution in [0.15, 0.2) is 24.3 Å². The Hall–Kier alpha value is -2.48. The smallest absolute Gasteiger partial charge is 0.273 e. The Labute approximate surface area is 131 Å². The highest BCUT2D eigenvalue weighted by Gasteiger charge is 2.11. The molecule has 0 bridgehead atoms. The minimum Gasteiger partial charge on any atom is -0.484 e. The predicted octanol–water partition coefficient (Wildman–Crippen LogP) is 2.94. The van der Waals surface area contributed by atoms with Gasteiger partial charge in [-0.2, -0.15) is 0 Å². The van der Waals surface area contributed by atoms with Gasteiger partial charge in [0.25, 0.3) is 11.6 Å². The largest absolute Gasteiger partial charge is 0.484 e. The molecule has 2 rings (SSSR count).